The van der Waals surface area contributed by atoms with E-state index in [-0.39, 0.29) is 24.3 Å². The fourth-order valence-electron chi connectivity index (χ4n) is 6.22. The molecule has 3 aliphatic heterocycles. The van der Waals surface area contributed by atoms with Gasteiger partial charge in [0, 0.05) is 22.5 Å². The van der Waals surface area contributed by atoms with Gasteiger partial charge in [0.2, 0.25) is 0 Å². The first-order valence-electron chi connectivity index (χ1n) is 14.0. The highest BCUT2D eigenvalue weighted by atomic mass is 16.7. The fourth-order valence-corrected chi connectivity index (χ4v) is 6.22. The van der Waals surface area contributed by atoms with Crippen LogP contribution in [0.1, 0.15) is 45.7 Å². The molecule has 5 atom stereocenters. The topological polar surface area (TPSA) is 89.1 Å². The van der Waals surface area contributed by atoms with E-state index in [4.69, 9.17) is 14.2 Å². The van der Waals surface area contributed by atoms with Gasteiger partial charge in [-0.3, -0.25) is 9.59 Å². The summed E-state index contributed by atoms with van der Waals surface area (Å²) >= 11 is 0. The molecule has 42 heavy (non-hydrogen) atoms. The lowest BCUT2D eigenvalue weighted by Crippen LogP contribution is -2.40. The van der Waals surface area contributed by atoms with Crippen LogP contribution in [0.5, 0.6) is 0 Å². The Labute approximate surface area is 244 Å². The second kappa shape index (κ2) is 10.2. The molecule has 0 unspecified atom stereocenters. The molecule has 0 aliphatic carbocycles. The Morgan fingerprint density at radius 1 is 0.667 bits per heavy atom. The molecule has 7 rings (SSSR count). The van der Waals surface area contributed by atoms with Gasteiger partial charge in [-0.05, 0) is 73.5 Å². The van der Waals surface area contributed by atoms with Crippen LogP contribution in [0.25, 0.3) is 0 Å². The highest BCUT2D eigenvalue weighted by molar-refractivity contribution is 6.04. The summed E-state index contributed by atoms with van der Waals surface area (Å²) < 4.78 is 19.7. The number of benzene rings is 4. The van der Waals surface area contributed by atoms with Gasteiger partial charge in [-0.15, -0.1) is 0 Å². The summed E-state index contributed by atoms with van der Waals surface area (Å²) in [6, 6.07) is 33.7. The molecule has 3 aliphatic rings. The van der Waals surface area contributed by atoms with Gasteiger partial charge in [0.05, 0.1) is 6.61 Å². The van der Waals surface area contributed by atoms with Crippen LogP contribution in [0.4, 0.5) is 11.4 Å². The van der Waals surface area contributed by atoms with Gasteiger partial charge < -0.3 is 24.8 Å². The van der Waals surface area contributed by atoms with Crippen molar-refractivity contribution < 1.29 is 23.8 Å². The Balaban J connectivity index is 1.15. The van der Waals surface area contributed by atoms with Crippen molar-refractivity contribution in [3.8, 4) is 0 Å². The van der Waals surface area contributed by atoms with Crippen LogP contribution in [-0.2, 0) is 25.4 Å². The molecule has 212 valence electrons. The summed E-state index contributed by atoms with van der Waals surface area (Å²) in [4.78, 5) is 27.8. The van der Waals surface area contributed by atoms with Crippen LogP contribution in [-0.4, -0.2) is 42.0 Å². The number of carbonyl (C=O) groups is 2. The van der Waals surface area contributed by atoms with Crippen LogP contribution in [0.3, 0.4) is 0 Å². The molecule has 3 saturated heterocycles. The molecule has 2 amide bonds. The molecule has 3 fully saturated rings. The molecular weight excluding hydrogens is 530 g/mol. The standard InChI is InChI=1S/C34H31N3O5/c1-33(24-15-9-17-26(19-24)35-29(38)22-11-5-3-6-12-22)31-37-28(21-40-31)41-34(2,32(37)42-33)25-16-10-18-27(20-25)36-30(39)23-13-7-4-8-14-23/h3-20,28,31-32H,21H2,1-2H3,(H,35,38)(H,36,39)/t28-,31-,32-,33+,34+/m1/s1. The summed E-state index contributed by atoms with van der Waals surface area (Å²) in [7, 11) is 0. The van der Waals surface area contributed by atoms with Gasteiger partial charge in [0.15, 0.2) is 0 Å². The van der Waals surface area contributed by atoms with Crippen LogP contribution in [0, 0.1) is 0 Å². The van der Waals surface area contributed by atoms with E-state index in [0.717, 1.165) is 11.1 Å². The summed E-state index contributed by atoms with van der Waals surface area (Å²) in [5, 5.41) is 6.00. The minimum absolute atomic E-state index is 0.178. The lowest BCUT2D eigenvalue weighted by atomic mass is 9.93. The van der Waals surface area contributed by atoms with Gasteiger partial charge in [-0.2, -0.15) is 0 Å². The zero-order valence-corrected chi connectivity index (χ0v) is 23.3. The summed E-state index contributed by atoms with van der Waals surface area (Å²) in [5.41, 5.74) is 2.66. The van der Waals surface area contributed by atoms with Gasteiger partial charge in [-0.1, -0.05) is 60.7 Å². The maximum absolute atomic E-state index is 12.8. The molecular formula is C34H31N3O5. The number of ether oxygens (including phenoxy) is 3. The number of carbonyl (C=O) groups excluding carboxylic acids is 2. The van der Waals surface area contributed by atoms with Crippen LogP contribution in [0.2, 0.25) is 0 Å². The average Bonchev–Trinajstić information content (AvgIpc) is 3.67. The Morgan fingerprint density at radius 2 is 1.17 bits per heavy atom. The van der Waals surface area contributed by atoms with E-state index in [0.29, 0.717) is 29.1 Å². The molecule has 8 heteroatoms. The van der Waals surface area contributed by atoms with E-state index in [1.54, 1.807) is 24.3 Å². The molecule has 0 spiro atoms. The van der Waals surface area contributed by atoms with Gasteiger partial charge >= 0.3 is 0 Å². The number of nitrogens with one attached hydrogen (secondary N) is 2. The Kier molecular flexibility index (Phi) is 6.44. The minimum Gasteiger partial charge on any atom is -0.355 e. The Hall–Kier alpha value is -4.34. The molecule has 0 aromatic heterocycles. The lowest BCUT2D eigenvalue weighted by Gasteiger charge is -2.33. The van der Waals surface area contributed by atoms with Crippen LogP contribution in [0.15, 0.2) is 109 Å². The maximum atomic E-state index is 12.8. The molecule has 3 heterocycles. The lowest BCUT2D eigenvalue weighted by molar-refractivity contribution is -0.138. The number of hydrogen-bond donors (Lipinski definition) is 2. The maximum Gasteiger partial charge on any atom is 0.255 e. The molecule has 0 radical (unpaired) electrons. The largest absolute Gasteiger partial charge is 0.355 e. The predicted molar refractivity (Wildman–Crippen MR) is 158 cm³/mol. The summed E-state index contributed by atoms with van der Waals surface area (Å²) in [5.74, 6) is -0.355. The van der Waals surface area contributed by atoms with E-state index in [1.807, 2.05) is 98.8 Å². The number of hydrogen-bond acceptors (Lipinski definition) is 6. The first-order valence-corrected chi connectivity index (χ1v) is 14.0. The highest BCUT2D eigenvalue weighted by Crippen LogP contribution is 2.56. The number of rotatable bonds is 6. The zero-order valence-electron chi connectivity index (χ0n) is 23.3. The third-order valence-corrected chi connectivity index (χ3v) is 8.41. The fraction of sp³-hybridized carbons (Fsp3) is 0.235. The number of nitrogens with zero attached hydrogens (tertiary/aromatic N) is 1. The van der Waals surface area contributed by atoms with Crippen molar-refractivity contribution in [3.63, 3.8) is 0 Å². The van der Waals surface area contributed by atoms with Crippen molar-refractivity contribution >= 4 is 23.2 Å². The van der Waals surface area contributed by atoms with Crippen molar-refractivity contribution in [3.05, 3.63) is 131 Å². The first kappa shape index (κ1) is 26.6. The Bertz CT molecular complexity index is 1550. The van der Waals surface area contributed by atoms with E-state index in [9.17, 15) is 9.59 Å². The van der Waals surface area contributed by atoms with Crippen molar-refractivity contribution in [1.29, 1.82) is 0 Å². The monoisotopic (exact) mass is 561 g/mol. The third-order valence-electron chi connectivity index (χ3n) is 8.41. The van der Waals surface area contributed by atoms with E-state index in [2.05, 4.69) is 15.5 Å². The van der Waals surface area contributed by atoms with Crippen molar-refractivity contribution in [1.82, 2.24) is 4.90 Å². The first-order chi connectivity index (χ1) is 20.3. The third kappa shape index (κ3) is 4.40. The highest BCUT2D eigenvalue weighted by Gasteiger charge is 2.68. The van der Waals surface area contributed by atoms with Crippen LogP contribution < -0.4 is 10.6 Å². The normalized spacial score (nSPS) is 27.9. The Morgan fingerprint density at radius 3 is 1.69 bits per heavy atom. The molecule has 8 nitrogen and oxygen atoms in total. The van der Waals surface area contributed by atoms with Gasteiger partial charge in [-0.25, -0.2) is 4.90 Å². The summed E-state index contributed by atoms with van der Waals surface area (Å²) in [6.45, 7) is 4.45. The van der Waals surface area contributed by atoms with Crippen molar-refractivity contribution in [2.75, 3.05) is 17.2 Å². The number of amides is 2. The molecule has 0 saturated carbocycles. The molecule has 2 N–H and O–H groups in total. The predicted octanol–water partition coefficient (Wildman–Crippen LogP) is 5.69. The number of anilines is 2. The van der Waals surface area contributed by atoms with Crippen molar-refractivity contribution in [2.45, 2.75) is 43.7 Å². The van der Waals surface area contributed by atoms with Gasteiger partial charge in [0.1, 0.15) is 29.9 Å². The second-order valence-electron chi connectivity index (χ2n) is 11.2. The second-order valence-corrected chi connectivity index (χ2v) is 11.2. The molecule has 0 bridgehead atoms. The van der Waals surface area contributed by atoms with Crippen LogP contribution >= 0.6 is 0 Å². The smallest absolute Gasteiger partial charge is 0.255 e. The van der Waals surface area contributed by atoms with E-state index in [1.165, 1.54) is 0 Å². The van der Waals surface area contributed by atoms with Crippen molar-refractivity contribution in [2.24, 2.45) is 0 Å². The molecule has 4 aromatic carbocycles. The van der Waals surface area contributed by atoms with E-state index >= 15 is 0 Å². The minimum atomic E-state index is -0.822. The zero-order chi connectivity index (χ0) is 28.9. The SMILES string of the molecule is C[C@@]1(c2cccc(NC(=O)c3ccccc3)c2)O[C@@H]2CO[C@H]3N2[C@@H]1O[C@@]3(C)c1cccc(NC(=O)c2ccccc2)c1. The average molecular weight is 562 g/mol. The molecule has 4 aromatic rings. The summed E-state index contributed by atoms with van der Waals surface area (Å²) in [6.07, 6.45) is -1.10. The quantitative estimate of drug-likeness (QED) is 0.314. The van der Waals surface area contributed by atoms with E-state index < -0.39 is 17.4 Å². The van der Waals surface area contributed by atoms with Gasteiger partial charge in [0.25, 0.3) is 11.8 Å².